The van der Waals surface area contributed by atoms with Crippen LogP contribution in [0.2, 0.25) is 0 Å². The van der Waals surface area contributed by atoms with E-state index in [4.69, 9.17) is 0 Å². The first-order chi connectivity index (χ1) is 15.6. The molecule has 1 atom stereocenters. The van der Waals surface area contributed by atoms with Gasteiger partial charge in [0.2, 0.25) is 5.91 Å². The highest BCUT2D eigenvalue weighted by molar-refractivity contribution is 5.80. The zero-order chi connectivity index (χ0) is 22.1. The standard InChI is InChI=1S/C24H26N6O2/c1-17(30-23(31)14-19-8-5-9-20(19)27-30)24(32)29-12-10-28(11-13-29)22-15-21(25-16-26-22)18-6-3-2-4-7-18/h2-4,6-7,14-17H,5,8-13H2,1H3. The number of aromatic nitrogens is 4. The number of rotatable bonds is 4. The van der Waals surface area contributed by atoms with E-state index in [9.17, 15) is 9.59 Å². The second kappa shape index (κ2) is 8.53. The van der Waals surface area contributed by atoms with Gasteiger partial charge in [0.1, 0.15) is 18.2 Å². The van der Waals surface area contributed by atoms with Gasteiger partial charge in [-0.2, -0.15) is 5.10 Å². The molecule has 1 fully saturated rings. The molecular formula is C24H26N6O2. The van der Waals surface area contributed by atoms with Crippen LogP contribution in [-0.2, 0) is 17.6 Å². The minimum atomic E-state index is -0.608. The summed E-state index contributed by atoms with van der Waals surface area (Å²) in [5, 5.41) is 4.50. The predicted molar refractivity (Wildman–Crippen MR) is 121 cm³/mol. The molecule has 3 aromatic rings. The van der Waals surface area contributed by atoms with Crippen LogP contribution in [0.25, 0.3) is 11.3 Å². The van der Waals surface area contributed by atoms with Gasteiger partial charge < -0.3 is 9.80 Å². The first kappa shape index (κ1) is 20.4. The van der Waals surface area contributed by atoms with E-state index in [1.54, 1.807) is 19.3 Å². The van der Waals surface area contributed by atoms with Crippen LogP contribution in [0, 0.1) is 0 Å². The summed E-state index contributed by atoms with van der Waals surface area (Å²) in [7, 11) is 0. The summed E-state index contributed by atoms with van der Waals surface area (Å²) in [6, 6.07) is 13.0. The second-order valence-electron chi connectivity index (χ2n) is 8.37. The molecule has 1 amide bonds. The number of nitrogens with zero attached hydrogens (tertiary/aromatic N) is 6. The minimum absolute atomic E-state index is 0.0649. The third kappa shape index (κ3) is 3.88. The number of hydrogen-bond donors (Lipinski definition) is 0. The lowest BCUT2D eigenvalue weighted by Gasteiger charge is -2.36. The van der Waals surface area contributed by atoms with E-state index in [-0.39, 0.29) is 11.5 Å². The van der Waals surface area contributed by atoms with Crippen LogP contribution in [0.3, 0.4) is 0 Å². The molecule has 8 nitrogen and oxygen atoms in total. The summed E-state index contributed by atoms with van der Waals surface area (Å²) < 4.78 is 1.36. The largest absolute Gasteiger partial charge is 0.353 e. The first-order valence-corrected chi connectivity index (χ1v) is 11.1. The van der Waals surface area contributed by atoms with Crippen LogP contribution < -0.4 is 10.5 Å². The van der Waals surface area contributed by atoms with Crippen molar-refractivity contribution in [1.82, 2.24) is 24.6 Å². The molecule has 1 aliphatic heterocycles. The maximum Gasteiger partial charge on any atom is 0.267 e. The second-order valence-corrected chi connectivity index (χ2v) is 8.37. The molecule has 1 aliphatic carbocycles. The fourth-order valence-electron chi connectivity index (χ4n) is 4.50. The molecule has 0 saturated carbocycles. The van der Waals surface area contributed by atoms with Gasteiger partial charge in [0.05, 0.1) is 11.4 Å². The van der Waals surface area contributed by atoms with Crippen LogP contribution in [0.5, 0.6) is 0 Å². The van der Waals surface area contributed by atoms with Gasteiger partial charge in [0, 0.05) is 43.9 Å². The van der Waals surface area contributed by atoms with Gasteiger partial charge >= 0.3 is 0 Å². The van der Waals surface area contributed by atoms with E-state index in [2.05, 4.69) is 20.0 Å². The van der Waals surface area contributed by atoms with Crippen molar-refractivity contribution in [3.05, 3.63) is 70.4 Å². The van der Waals surface area contributed by atoms with E-state index in [0.29, 0.717) is 26.2 Å². The molecule has 0 radical (unpaired) electrons. The molecule has 164 valence electrons. The highest BCUT2D eigenvalue weighted by Crippen LogP contribution is 2.22. The molecule has 0 bridgehead atoms. The zero-order valence-corrected chi connectivity index (χ0v) is 18.1. The van der Waals surface area contributed by atoms with E-state index < -0.39 is 6.04 Å². The molecule has 1 unspecified atom stereocenters. The normalized spacial score (nSPS) is 16.7. The Morgan fingerprint density at radius 2 is 1.78 bits per heavy atom. The summed E-state index contributed by atoms with van der Waals surface area (Å²) in [5.74, 6) is 0.792. The topological polar surface area (TPSA) is 84.2 Å². The summed E-state index contributed by atoms with van der Waals surface area (Å²) in [5.41, 5.74) is 3.71. The highest BCUT2D eigenvalue weighted by Gasteiger charge is 2.28. The van der Waals surface area contributed by atoms with Crippen molar-refractivity contribution in [3.8, 4) is 11.3 Å². The van der Waals surface area contributed by atoms with Crippen molar-refractivity contribution in [2.24, 2.45) is 0 Å². The highest BCUT2D eigenvalue weighted by atomic mass is 16.2. The Bertz CT molecular complexity index is 1180. The zero-order valence-electron chi connectivity index (χ0n) is 18.1. The van der Waals surface area contributed by atoms with Gasteiger partial charge in [-0.3, -0.25) is 9.59 Å². The summed E-state index contributed by atoms with van der Waals surface area (Å²) in [6.07, 6.45) is 4.38. The van der Waals surface area contributed by atoms with Gasteiger partial charge in [0.15, 0.2) is 0 Å². The Morgan fingerprint density at radius 3 is 2.56 bits per heavy atom. The average molecular weight is 431 g/mol. The lowest BCUT2D eigenvalue weighted by molar-refractivity contribution is -0.135. The fraction of sp³-hybridized carbons (Fsp3) is 0.375. The predicted octanol–water partition coefficient (Wildman–Crippen LogP) is 2.10. The van der Waals surface area contributed by atoms with Gasteiger partial charge in [-0.25, -0.2) is 14.6 Å². The maximum absolute atomic E-state index is 13.1. The molecule has 3 heterocycles. The van der Waals surface area contributed by atoms with E-state index in [0.717, 1.165) is 47.6 Å². The number of anilines is 1. The van der Waals surface area contributed by atoms with Crippen molar-refractivity contribution < 1.29 is 4.79 Å². The van der Waals surface area contributed by atoms with Crippen LogP contribution in [0.4, 0.5) is 5.82 Å². The maximum atomic E-state index is 13.1. The molecular weight excluding hydrogens is 404 g/mol. The molecule has 8 heteroatoms. The van der Waals surface area contributed by atoms with Gasteiger partial charge in [-0.15, -0.1) is 0 Å². The molecule has 2 aliphatic rings. The monoisotopic (exact) mass is 430 g/mol. The van der Waals surface area contributed by atoms with Crippen molar-refractivity contribution in [1.29, 1.82) is 0 Å². The van der Waals surface area contributed by atoms with Crippen LogP contribution in [0.15, 0.2) is 53.6 Å². The smallest absolute Gasteiger partial charge is 0.267 e. The molecule has 2 aromatic heterocycles. The third-order valence-corrected chi connectivity index (χ3v) is 6.34. The fourth-order valence-corrected chi connectivity index (χ4v) is 4.50. The summed E-state index contributed by atoms with van der Waals surface area (Å²) in [4.78, 5) is 38.4. The molecule has 0 N–H and O–H groups in total. The Kier molecular flexibility index (Phi) is 5.43. The number of carbonyl (C=O) groups is 1. The third-order valence-electron chi connectivity index (χ3n) is 6.34. The SMILES string of the molecule is CC(C(=O)N1CCN(c2cc(-c3ccccc3)ncn2)CC1)n1nc2c(cc1=O)CCC2. The van der Waals surface area contributed by atoms with Gasteiger partial charge in [-0.1, -0.05) is 30.3 Å². The lowest BCUT2D eigenvalue weighted by Crippen LogP contribution is -2.51. The number of aryl methyl sites for hydroxylation is 2. The molecule has 5 rings (SSSR count). The Labute approximate surface area is 186 Å². The number of amides is 1. The molecule has 1 aromatic carbocycles. The number of fused-ring (bicyclic) bond motifs is 1. The van der Waals surface area contributed by atoms with Crippen molar-refractivity contribution in [2.45, 2.75) is 32.2 Å². The quantitative estimate of drug-likeness (QED) is 0.630. The Morgan fingerprint density at radius 1 is 1.00 bits per heavy atom. The van der Waals surface area contributed by atoms with Gasteiger partial charge in [0.25, 0.3) is 5.56 Å². The molecule has 32 heavy (non-hydrogen) atoms. The van der Waals surface area contributed by atoms with Crippen molar-refractivity contribution >= 4 is 11.7 Å². The number of benzene rings is 1. The summed E-state index contributed by atoms with van der Waals surface area (Å²) >= 11 is 0. The Hall–Kier alpha value is -3.55. The number of piperazine rings is 1. The Balaban J connectivity index is 1.26. The lowest BCUT2D eigenvalue weighted by atomic mass is 10.1. The van der Waals surface area contributed by atoms with Gasteiger partial charge in [-0.05, 0) is 31.7 Å². The van der Waals surface area contributed by atoms with E-state index >= 15 is 0 Å². The van der Waals surface area contributed by atoms with Crippen molar-refractivity contribution in [3.63, 3.8) is 0 Å². The number of carbonyl (C=O) groups excluding carboxylic acids is 1. The molecule has 1 saturated heterocycles. The minimum Gasteiger partial charge on any atom is -0.353 e. The van der Waals surface area contributed by atoms with E-state index in [1.165, 1.54) is 4.68 Å². The van der Waals surface area contributed by atoms with Crippen LogP contribution >= 0.6 is 0 Å². The van der Waals surface area contributed by atoms with Crippen LogP contribution in [0.1, 0.15) is 30.6 Å². The average Bonchev–Trinajstić information content (AvgIpc) is 3.30. The van der Waals surface area contributed by atoms with E-state index in [1.807, 2.05) is 41.3 Å². The van der Waals surface area contributed by atoms with Crippen LogP contribution in [-0.4, -0.2) is 56.7 Å². The molecule has 0 spiro atoms. The van der Waals surface area contributed by atoms with Crippen molar-refractivity contribution in [2.75, 3.05) is 31.1 Å². The first-order valence-electron chi connectivity index (χ1n) is 11.1. The summed E-state index contributed by atoms with van der Waals surface area (Å²) in [6.45, 7) is 4.27. The number of hydrogen-bond acceptors (Lipinski definition) is 6.